The summed E-state index contributed by atoms with van der Waals surface area (Å²) in [6.07, 6.45) is 1.51. The van der Waals surface area contributed by atoms with Crippen LogP contribution >= 0.6 is 38.5 Å². The number of fused-ring (bicyclic) bond motifs is 1. The van der Waals surface area contributed by atoms with Gasteiger partial charge in [-0.15, -0.1) is 0 Å². The van der Waals surface area contributed by atoms with E-state index in [0.29, 0.717) is 14.8 Å². The average Bonchev–Trinajstić information content (AvgIpc) is 2.51. The van der Waals surface area contributed by atoms with Crippen molar-refractivity contribution in [3.63, 3.8) is 0 Å². The molecule has 0 radical (unpaired) electrons. The maximum Gasteiger partial charge on any atom is 0.220 e. The quantitative estimate of drug-likeness (QED) is 0.697. The lowest BCUT2D eigenvalue weighted by atomic mass is 9.97. The van der Waals surface area contributed by atoms with Gasteiger partial charge in [0.1, 0.15) is 11.4 Å². The van der Waals surface area contributed by atoms with Gasteiger partial charge in [-0.05, 0) is 59.0 Å². The number of aromatic nitrogens is 1. The molecule has 1 N–H and O–H groups in total. The van der Waals surface area contributed by atoms with Crippen LogP contribution in [0.1, 0.15) is 20.8 Å². The number of nitrogens with one attached hydrogen (secondary N) is 1. The van der Waals surface area contributed by atoms with E-state index in [9.17, 15) is 9.59 Å². The van der Waals surface area contributed by atoms with Crippen LogP contribution in [-0.2, 0) is 0 Å². The van der Waals surface area contributed by atoms with E-state index in [0.717, 1.165) is 10.2 Å². The Bertz CT molecular complexity index is 785. The van der Waals surface area contributed by atoms with Gasteiger partial charge in [-0.1, -0.05) is 15.9 Å². The highest BCUT2D eigenvalue weighted by Gasteiger charge is 2.32. The maximum absolute atomic E-state index is 12.5. The molecule has 0 spiro atoms. The highest BCUT2D eigenvalue weighted by molar-refractivity contribution is 14.1. The molecule has 6 heteroatoms. The van der Waals surface area contributed by atoms with E-state index >= 15 is 0 Å². The summed E-state index contributed by atoms with van der Waals surface area (Å²) < 4.78 is 1.30. The van der Waals surface area contributed by atoms with Gasteiger partial charge in [0.05, 0.1) is 9.14 Å². The zero-order chi connectivity index (χ0) is 15.0. The summed E-state index contributed by atoms with van der Waals surface area (Å²) in [4.78, 5) is 28.8. The van der Waals surface area contributed by atoms with Gasteiger partial charge in [-0.3, -0.25) is 14.6 Å². The van der Waals surface area contributed by atoms with E-state index in [1.54, 1.807) is 12.1 Å². The van der Waals surface area contributed by atoms with Crippen LogP contribution in [0.2, 0.25) is 0 Å². The second-order valence-electron chi connectivity index (χ2n) is 4.38. The molecule has 104 valence electrons. The number of Topliss-reactive ketones (excluding diaryl/α,β-unsaturated/α-hetero) is 2. The zero-order valence-electron chi connectivity index (χ0n) is 10.6. The number of hydrogen-bond acceptors (Lipinski definition) is 4. The molecule has 0 unspecified atom stereocenters. The molecule has 0 bridgehead atoms. The third-order valence-corrected chi connectivity index (χ3v) is 4.58. The Hall–Kier alpha value is -1.54. The Balaban J connectivity index is 2.02. The predicted octanol–water partition coefficient (Wildman–Crippen LogP) is 3.98. The van der Waals surface area contributed by atoms with Gasteiger partial charge < -0.3 is 5.32 Å². The number of carbonyl (C=O) groups is 2. The highest BCUT2D eigenvalue weighted by Crippen LogP contribution is 2.29. The molecule has 0 saturated heterocycles. The van der Waals surface area contributed by atoms with Crippen molar-refractivity contribution in [3.05, 3.63) is 67.6 Å². The van der Waals surface area contributed by atoms with Crippen LogP contribution < -0.4 is 5.32 Å². The summed E-state index contributed by atoms with van der Waals surface area (Å²) in [5.74, 6) is -0.449. The average molecular weight is 455 g/mol. The fourth-order valence-corrected chi connectivity index (χ4v) is 2.91. The highest BCUT2D eigenvalue weighted by atomic mass is 127. The summed E-state index contributed by atoms with van der Waals surface area (Å²) in [6.45, 7) is 0. The summed E-state index contributed by atoms with van der Waals surface area (Å²) in [5.41, 5.74) is 1.59. The summed E-state index contributed by atoms with van der Waals surface area (Å²) in [7, 11) is 0. The van der Waals surface area contributed by atoms with Crippen molar-refractivity contribution in [3.8, 4) is 0 Å². The number of rotatable bonds is 2. The van der Waals surface area contributed by atoms with Crippen molar-refractivity contribution in [2.24, 2.45) is 0 Å². The van der Waals surface area contributed by atoms with E-state index in [4.69, 9.17) is 0 Å². The standard InChI is InChI=1S/C15H8BrIN2O2/c16-8-3-5-9(6-4-8)19-13-11(17)15(21)12-10(14(13)20)2-1-7-18-12/h1-7,19H. The minimum Gasteiger partial charge on any atom is -0.351 e. The van der Waals surface area contributed by atoms with Gasteiger partial charge in [0.2, 0.25) is 11.6 Å². The lowest BCUT2D eigenvalue weighted by molar-refractivity contribution is 0.0980. The molecular weight excluding hydrogens is 447 g/mol. The van der Waals surface area contributed by atoms with Crippen molar-refractivity contribution >= 4 is 55.8 Å². The van der Waals surface area contributed by atoms with E-state index in [1.807, 2.05) is 46.9 Å². The number of benzene rings is 1. The summed E-state index contributed by atoms with van der Waals surface area (Å²) in [5, 5.41) is 3.03. The second kappa shape index (κ2) is 5.69. The van der Waals surface area contributed by atoms with Gasteiger partial charge in [-0.25, -0.2) is 0 Å². The summed E-state index contributed by atoms with van der Waals surface area (Å²) >= 11 is 5.24. The van der Waals surface area contributed by atoms with Crippen LogP contribution in [0.4, 0.5) is 5.69 Å². The molecule has 0 saturated carbocycles. The molecule has 0 amide bonds. The molecule has 0 fully saturated rings. The lowest BCUT2D eigenvalue weighted by Crippen LogP contribution is -2.25. The number of hydrogen-bond donors (Lipinski definition) is 1. The van der Waals surface area contributed by atoms with E-state index < -0.39 is 0 Å². The first-order valence-electron chi connectivity index (χ1n) is 6.04. The number of allylic oxidation sites excluding steroid dienone is 2. The first-order chi connectivity index (χ1) is 10.1. The number of nitrogens with zero attached hydrogens (tertiary/aromatic N) is 1. The fraction of sp³-hybridized carbons (Fsp3) is 0. The SMILES string of the molecule is O=C1C(Nc2ccc(Br)cc2)=C(I)C(=O)c2ncccc21. The number of anilines is 1. The molecule has 0 aliphatic heterocycles. The molecule has 4 nitrogen and oxygen atoms in total. The van der Waals surface area contributed by atoms with Gasteiger partial charge in [-0.2, -0.15) is 0 Å². The molecule has 1 aromatic heterocycles. The molecule has 1 aliphatic rings. The molecular formula is C15H8BrIN2O2. The summed E-state index contributed by atoms with van der Waals surface area (Å²) in [6, 6.07) is 10.7. The number of pyridine rings is 1. The molecule has 1 heterocycles. The smallest absolute Gasteiger partial charge is 0.220 e. The third kappa shape index (κ3) is 2.65. The Morgan fingerprint density at radius 1 is 1.05 bits per heavy atom. The van der Waals surface area contributed by atoms with Crippen molar-refractivity contribution in [1.82, 2.24) is 4.98 Å². The Morgan fingerprint density at radius 3 is 2.48 bits per heavy atom. The number of carbonyl (C=O) groups excluding carboxylic acids is 2. The van der Waals surface area contributed by atoms with Gasteiger partial charge in [0, 0.05) is 16.4 Å². The third-order valence-electron chi connectivity index (χ3n) is 3.03. The first kappa shape index (κ1) is 14.4. The van der Waals surface area contributed by atoms with E-state index in [-0.39, 0.29) is 17.3 Å². The maximum atomic E-state index is 12.5. The van der Waals surface area contributed by atoms with Crippen molar-refractivity contribution < 1.29 is 9.59 Å². The van der Waals surface area contributed by atoms with Crippen molar-refractivity contribution in [2.75, 3.05) is 5.32 Å². The van der Waals surface area contributed by atoms with Crippen LogP contribution in [0, 0.1) is 0 Å². The lowest BCUT2D eigenvalue weighted by Gasteiger charge is -2.18. The topological polar surface area (TPSA) is 59.1 Å². The minimum absolute atomic E-state index is 0.216. The van der Waals surface area contributed by atoms with Gasteiger partial charge in [0.15, 0.2) is 0 Å². The van der Waals surface area contributed by atoms with Crippen LogP contribution in [0.25, 0.3) is 0 Å². The first-order valence-corrected chi connectivity index (χ1v) is 7.92. The fourth-order valence-electron chi connectivity index (χ4n) is 2.01. The number of halogens is 2. The number of ketones is 2. The van der Waals surface area contributed by atoms with Crippen molar-refractivity contribution in [1.29, 1.82) is 0 Å². The molecule has 1 aliphatic carbocycles. The minimum atomic E-state index is -0.231. The largest absolute Gasteiger partial charge is 0.351 e. The van der Waals surface area contributed by atoms with Crippen LogP contribution in [0.3, 0.4) is 0 Å². The normalized spacial score (nSPS) is 14.2. The zero-order valence-corrected chi connectivity index (χ0v) is 14.3. The van der Waals surface area contributed by atoms with Crippen molar-refractivity contribution in [2.45, 2.75) is 0 Å². The molecule has 0 atom stereocenters. The van der Waals surface area contributed by atoms with Crippen LogP contribution in [-0.4, -0.2) is 16.6 Å². The monoisotopic (exact) mass is 454 g/mol. The molecule has 2 aromatic rings. The van der Waals surface area contributed by atoms with Gasteiger partial charge >= 0.3 is 0 Å². The molecule has 3 rings (SSSR count). The Kier molecular flexibility index (Phi) is 3.90. The predicted molar refractivity (Wildman–Crippen MR) is 91.7 cm³/mol. The molecule has 1 aromatic carbocycles. The van der Waals surface area contributed by atoms with E-state index in [2.05, 4.69) is 26.2 Å². The van der Waals surface area contributed by atoms with E-state index in [1.165, 1.54) is 6.20 Å². The second-order valence-corrected chi connectivity index (χ2v) is 6.37. The molecule has 21 heavy (non-hydrogen) atoms. The van der Waals surface area contributed by atoms with Crippen LogP contribution in [0.5, 0.6) is 0 Å². The Labute approximate surface area is 142 Å². The van der Waals surface area contributed by atoms with Crippen LogP contribution in [0.15, 0.2) is 56.3 Å². The van der Waals surface area contributed by atoms with Gasteiger partial charge in [0.25, 0.3) is 0 Å². The Morgan fingerprint density at radius 2 is 1.76 bits per heavy atom.